The van der Waals surface area contributed by atoms with Crippen LogP contribution in [0.5, 0.6) is 0 Å². The van der Waals surface area contributed by atoms with Crippen LogP contribution in [0, 0.1) is 6.92 Å². The topological polar surface area (TPSA) is 38.7 Å². The van der Waals surface area contributed by atoms with Crippen LogP contribution >= 0.6 is 11.8 Å². The van der Waals surface area contributed by atoms with Gasteiger partial charge in [-0.25, -0.2) is 4.79 Å². The minimum Gasteiger partial charge on any atom is -0.318 e. The first-order valence-corrected chi connectivity index (χ1v) is 5.63. The van der Waals surface area contributed by atoms with E-state index in [1.807, 2.05) is 12.1 Å². The van der Waals surface area contributed by atoms with E-state index < -0.39 is 0 Å². The van der Waals surface area contributed by atoms with E-state index >= 15 is 0 Å². The molecule has 15 heavy (non-hydrogen) atoms. The van der Waals surface area contributed by atoms with Crippen molar-refractivity contribution >= 4 is 23.4 Å². The van der Waals surface area contributed by atoms with E-state index in [-0.39, 0.29) is 5.97 Å². The van der Waals surface area contributed by atoms with E-state index in [9.17, 15) is 4.79 Å². The standard InChI is InChI=1S/C11H11NO2S/c1-7-3-4-9-10(12-14-8(2)13)6-15-11(9)5-7/h3-5H,6H2,1-2H3/b12-10+. The van der Waals surface area contributed by atoms with Gasteiger partial charge in [0.15, 0.2) is 0 Å². The summed E-state index contributed by atoms with van der Waals surface area (Å²) in [6.45, 7) is 3.41. The predicted octanol–water partition coefficient (Wildman–Crippen LogP) is 2.37. The van der Waals surface area contributed by atoms with Crippen LogP contribution < -0.4 is 0 Å². The van der Waals surface area contributed by atoms with Crippen molar-refractivity contribution in [1.82, 2.24) is 0 Å². The third kappa shape index (κ3) is 2.21. The number of carbonyl (C=O) groups is 1. The average Bonchev–Trinajstić information content (AvgIpc) is 2.57. The number of aryl methyl sites for hydroxylation is 1. The molecule has 0 unspecified atom stereocenters. The maximum Gasteiger partial charge on any atom is 0.331 e. The lowest BCUT2D eigenvalue weighted by Crippen LogP contribution is -2.02. The highest BCUT2D eigenvalue weighted by Gasteiger charge is 2.19. The van der Waals surface area contributed by atoms with Gasteiger partial charge < -0.3 is 4.84 Å². The number of hydrogen-bond donors (Lipinski definition) is 0. The van der Waals surface area contributed by atoms with E-state index in [0.29, 0.717) is 0 Å². The summed E-state index contributed by atoms with van der Waals surface area (Å²) >= 11 is 1.72. The third-order valence-electron chi connectivity index (χ3n) is 2.10. The molecule has 0 fully saturated rings. The van der Waals surface area contributed by atoms with Crippen molar-refractivity contribution in [3.63, 3.8) is 0 Å². The summed E-state index contributed by atoms with van der Waals surface area (Å²) in [5, 5.41) is 3.84. The molecule has 0 aliphatic carbocycles. The fourth-order valence-electron chi connectivity index (χ4n) is 1.41. The van der Waals surface area contributed by atoms with Crippen LogP contribution in [0.2, 0.25) is 0 Å². The predicted molar refractivity (Wildman–Crippen MR) is 60.2 cm³/mol. The summed E-state index contributed by atoms with van der Waals surface area (Å²) in [5.41, 5.74) is 3.15. The smallest absolute Gasteiger partial charge is 0.318 e. The van der Waals surface area contributed by atoms with Gasteiger partial charge in [-0.2, -0.15) is 0 Å². The lowest BCUT2D eigenvalue weighted by Gasteiger charge is -1.99. The number of hydrogen-bond acceptors (Lipinski definition) is 4. The van der Waals surface area contributed by atoms with Crippen LogP contribution in [0.15, 0.2) is 28.3 Å². The zero-order valence-electron chi connectivity index (χ0n) is 8.61. The average molecular weight is 221 g/mol. The Morgan fingerprint density at radius 2 is 2.33 bits per heavy atom. The Labute approximate surface area is 92.5 Å². The molecule has 0 bridgehead atoms. The number of benzene rings is 1. The van der Waals surface area contributed by atoms with E-state index in [1.165, 1.54) is 17.4 Å². The Morgan fingerprint density at radius 3 is 3.07 bits per heavy atom. The van der Waals surface area contributed by atoms with Gasteiger partial charge in [-0.15, -0.1) is 11.8 Å². The van der Waals surface area contributed by atoms with E-state index in [2.05, 4.69) is 23.0 Å². The Bertz CT molecular complexity index is 440. The summed E-state index contributed by atoms with van der Waals surface area (Å²) in [6.07, 6.45) is 0. The van der Waals surface area contributed by atoms with Crippen molar-refractivity contribution in [2.75, 3.05) is 5.75 Å². The van der Waals surface area contributed by atoms with Gasteiger partial charge in [0, 0.05) is 23.1 Å². The van der Waals surface area contributed by atoms with Crippen molar-refractivity contribution in [3.8, 4) is 0 Å². The van der Waals surface area contributed by atoms with Crippen LogP contribution in [-0.2, 0) is 9.63 Å². The van der Waals surface area contributed by atoms with Crippen LogP contribution in [0.1, 0.15) is 18.1 Å². The summed E-state index contributed by atoms with van der Waals surface area (Å²) in [4.78, 5) is 16.5. The number of thioether (sulfide) groups is 1. The molecule has 0 spiro atoms. The summed E-state index contributed by atoms with van der Waals surface area (Å²) in [6, 6.07) is 6.18. The molecule has 0 saturated heterocycles. The number of oxime groups is 1. The van der Waals surface area contributed by atoms with Crippen LogP contribution in [0.4, 0.5) is 0 Å². The van der Waals surface area contributed by atoms with Crippen LogP contribution in [-0.4, -0.2) is 17.4 Å². The van der Waals surface area contributed by atoms with Crippen molar-refractivity contribution in [2.45, 2.75) is 18.7 Å². The third-order valence-corrected chi connectivity index (χ3v) is 3.16. The zero-order chi connectivity index (χ0) is 10.8. The van der Waals surface area contributed by atoms with Crippen molar-refractivity contribution in [3.05, 3.63) is 29.3 Å². The van der Waals surface area contributed by atoms with Crippen molar-refractivity contribution < 1.29 is 9.63 Å². The first-order valence-electron chi connectivity index (χ1n) is 4.65. The van der Waals surface area contributed by atoms with Gasteiger partial charge in [0.2, 0.25) is 0 Å². The van der Waals surface area contributed by atoms with Gasteiger partial charge >= 0.3 is 5.97 Å². The van der Waals surface area contributed by atoms with Crippen LogP contribution in [0.25, 0.3) is 0 Å². The molecule has 0 radical (unpaired) electrons. The molecule has 2 rings (SSSR count). The highest BCUT2D eigenvalue weighted by Crippen LogP contribution is 2.32. The second kappa shape index (κ2) is 4.06. The quantitative estimate of drug-likeness (QED) is 0.540. The lowest BCUT2D eigenvalue weighted by atomic mass is 10.1. The van der Waals surface area contributed by atoms with E-state index in [4.69, 9.17) is 0 Å². The number of rotatable bonds is 1. The monoisotopic (exact) mass is 221 g/mol. The molecule has 0 N–H and O–H groups in total. The van der Waals surface area contributed by atoms with Gasteiger partial charge in [-0.1, -0.05) is 17.3 Å². The highest BCUT2D eigenvalue weighted by molar-refractivity contribution is 8.00. The first kappa shape index (κ1) is 10.2. The molecule has 1 aromatic carbocycles. The van der Waals surface area contributed by atoms with E-state index in [0.717, 1.165) is 17.0 Å². The first-order chi connectivity index (χ1) is 7.16. The fourth-order valence-corrected chi connectivity index (χ4v) is 2.52. The lowest BCUT2D eigenvalue weighted by molar-refractivity contribution is -0.140. The molecule has 1 aromatic rings. The second-order valence-corrected chi connectivity index (χ2v) is 4.43. The van der Waals surface area contributed by atoms with Gasteiger partial charge in [0.05, 0.1) is 5.71 Å². The SMILES string of the molecule is CC(=O)O/N=C1\CSc2cc(C)ccc21. The van der Waals surface area contributed by atoms with Crippen molar-refractivity contribution in [1.29, 1.82) is 0 Å². The molecule has 78 valence electrons. The van der Waals surface area contributed by atoms with Gasteiger partial charge in [0.25, 0.3) is 0 Å². The number of nitrogens with zero attached hydrogens (tertiary/aromatic N) is 1. The molecular weight excluding hydrogens is 210 g/mol. The number of fused-ring (bicyclic) bond motifs is 1. The number of carbonyl (C=O) groups excluding carboxylic acids is 1. The zero-order valence-corrected chi connectivity index (χ0v) is 9.43. The maximum absolute atomic E-state index is 10.6. The Balaban J connectivity index is 2.28. The molecule has 1 heterocycles. The minimum atomic E-state index is -0.381. The van der Waals surface area contributed by atoms with E-state index in [1.54, 1.807) is 11.8 Å². The molecule has 1 aliphatic rings. The van der Waals surface area contributed by atoms with Gasteiger partial charge in [-0.3, -0.25) is 0 Å². The molecule has 0 aromatic heterocycles. The molecular formula is C11H11NO2S. The largest absolute Gasteiger partial charge is 0.331 e. The highest BCUT2D eigenvalue weighted by atomic mass is 32.2. The minimum absolute atomic E-state index is 0.381. The molecule has 3 nitrogen and oxygen atoms in total. The van der Waals surface area contributed by atoms with Gasteiger partial charge in [-0.05, 0) is 18.6 Å². The Hall–Kier alpha value is -1.29. The summed E-state index contributed by atoms with van der Waals surface area (Å²) in [7, 11) is 0. The van der Waals surface area contributed by atoms with Crippen molar-refractivity contribution in [2.24, 2.45) is 5.16 Å². The molecule has 4 heteroatoms. The van der Waals surface area contributed by atoms with Crippen LogP contribution in [0.3, 0.4) is 0 Å². The summed E-state index contributed by atoms with van der Waals surface area (Å²) in [5.74, 6) is 0.388. The van der Waals surface area contributed by atoms with Gasteiger partial charge in [0.1, 0.15) is 0 Å². The molecule has 0 amide bonds. The summed E-state index contributed by atoms with van der Waals surface area (Å²) < 4.78 is 0. The Morgan fingerprint density at radius 1 is 1.53 bits per heavy atom. The normalized spacial score (nSPS) is 16.5. The Kier molecular flexibility index (Phi) is 2.77. The second-order valence-electron chi connectivity index (χ2n) is 3.41. The maximum atomic E-state index is 10.6. The molecule has 0 atom stereocenters. The molecule has 0 saturated carbocycles. The molecule has 1 aliphatic heterocycles. The fraction of sp³-hybridized carbons (Fsp3) is 0.273.